The molecule has 0 aromatic heterocycles. The smallest absolute Gasteiger partial charge is 0.0314 e. The van der Waals surface area contributed by atoms with Crippen molar-refractivity contribution in [3.8, 4) is 0 Å². The number of nitrogen functional groups attached to an aromatic ring is 1. The van der Waals surface area contributed by atoms with Crippen LogP contribution in [0.1, 0.15) is 18.4 Å². The average molecular weight is 145 g/mol. The van der Waals surface area contributed by atoms with Crippen LogP contribution in [0.5, 0.6) is 0 Å². The molecule has 1 aromatic carbocycles. The molecule has 11 heavy (non-hydrogen) atoms. The van der Waals surface area contributed by atoms with Gasteiger partial charge in [0.1, 0.15) is 0 Å². The summed E-state index contributed by atoms with van der Waals surface area (Å²) in [5.41, 5.74) is 9.20. The molecule has 56 valence electrons. The van der Waals surface area contributed by atoms with Gasteiger partial charge in [-0.1, -0.05) is 18.2 Å². The van der Waals surface area contributed by atoms with Crippen LogP contribution in [0, 0.1) is 0 Å². The monoisotopic (exact) mass is 145 g/mol. The first-order chi connectivity index (χ1) is 5.36. The Morgan fingerprint density at radius 3 is 2.18 bits per heavy atom. The third kappa shape index (κ3) is 1.14. The molecule has 1 nitrogen and oxygen atoms in total. The summed E-state index contributed by atoms with van der Waals surface area (Å²) in [4.78, 5) is 0. The van der Waals surface area contributed by atoms with Crippen LogP contribution in [0.15, 0.2) is 30.3 Å². The molecule has 0 aliphatic heterocycles. The van der Waals surface area contributed by atoms with Gasteiger partial charge in [-0.15, -0.1) is 0 Å². The lowest BCUT2D eigenvalue weighted by Crippen LogP contribution is -1.93. The molecular formula is C10H11N. The summed E-state index contributed by atoms with van der Waals surface area (Å²) in [6.45, 7) is 0. The maximum atomic E-state index is 5.57. The highest BCUT2D eigenvalue weighted by atomic mass is 14.5. The number of benzene rings is 1. The number of hydrogen-bond donors (Lipinski definition) is 1. The van der Waals surface area contributed by atoms with Gasteiger partial charge in [0.05, 0.1) is 0 Å². The zero-order valence-corrected chi connectivity index (χ0v) is 6.38. The van der Waals surface area contributed by atoms with Gasteiger partial charge in [-0.05, 0) is 36.1 Å². The Balaban J connectivity index is 2.32. The highest BCUT2D eigenvalue weighted by molar-refractivity contribution is 5.70. The quantitative estimate of drug-likeness (QED) is 0.603. The Bertz CT molecular complexity index is 282. The van der Waals surface area contributed by atoms with Crippen molar-refractivity contribution in [2.75, 3.05) is 5.73 Å². The van der Waals surface area contributed by atoms with E-state index in [-0.39, 0.29) is 0 Å². The standard InChI is InChI=1S/C10H11N/c11-10-6-4-9(5-7-10)8-2-1-3-8/h2,4-7H,1,3,11H2. The lowest BCUT2D eigenvalue weighted by Gasteiger charge is -2.14. The minimum Gasteiger partial charge on any atom is -0.399 e. The van der Waals surface area contributed by atoms with Crippen LogP contribution in [-0.2, 0) is 0 Å². The SMILES string of the molecule is Nc1ccc(C2=CCC2)cc1. The van der Waals surface area contributed by atoms with Crippen LogP contribution in [0.25, 0.3) is 5.57 Å². The fraction of sp³-hybridized carbons (Fsp3) is 0.200. The Hall–Kier alpha value is -1.24. The van der Waals surface area contributed by atoms with Gasteiger partial charge in [0.25, 0.3) is 0 Å². The third-order valence-electron chi connectivity index (χ3n) is 2.09. The summed E-state index contributed by atoms with van der Waals surface area (Å²) >= 11 is 0. The van der Waals surface area contributed by atoms with Crippen molar-refractivity contribution < 1.29 is 0 Å². The molecule has 0 heterocycles. The van der Waals surface area contributed by atoms with Gasteiger partial charge in [-0.3, -0.25) is 0 Å². The summed E-state index contributed by atoms with van der Waals surface area (Å²) < 4.78 is 0. The van der Waals surface area contributed by atoms with Crippen LogP contribution in [0.4, 0.5) is 5.69 Å². The second-order valence-electron chi connectivity index (χ2n) is 2.89. The molecule has 0 saturated heterocycles. The molecule has 0 spiro atoms. The zero-order chi connectivity index (χ0) is 7.68. The number of hydrogen-bond acceptors (Lipinski definition) is 1. The number of anilines is 1. The molecular weight excluding hydrogens is 134 g/mol. The van der Waals surface area contributed by atoms with E-state index < -0.39 is 0 Å². The zero-order valence-electron chi connectivity index (χ0n) is 6.38. The molecule has 0 bridgehead atoms. The van der Waals surface area contributed by atoms with Crippen molar-refractivity contribution in [2.24, 2.45) is 0 Å². The van der Waals surface area contributed by atoms with Gasteiger partial charge >= 0.3 is 0 Å². The van der Waals surface area contributed by atoms with Gasteiger partial charge in [0.15, 0.2) is 0 Å². The molecule has 0 fully saturated rings. The summed E-state index contributed by atoms with van der Waals surface area (Å²) in [6.07, 6.45) is 4.73. The van der Waals surface area contributed by atoms with E-state index in [2.05, 4.69) is 18.2 Å². The molecule has 1 heteroatoms. The lowest BCUT2D eigenvalue weighted by molar-refractivity contribution is 0.988. The van der Waals surface area contributed by atoms with Crippen LogP contribution in [0.3, 0.4) is 0 Å². The summed E-state index contributed by atoms with van der Waals surface area (Å²) in [5.74, 6) is 0. The van der Waals surface area contributed by atoms with E-state index in [0.717, 1.165) is 5.69 Å². The minimum atomic E-state index is 0.841. The molecule has 0 amide bonds. The minimum absolute atomic E-state index is 0.841. The molecule has 0 radical (unpaired) electrons. The number of nitrogens with two attached hydrogens (primary N) is 1. The summed E-state index contributed by atoms with van der Waals surface area (Å²) in [6, 6.07) is 8.07. The third-order valence-corrected chi connectivity index (χ3v) is 2.09. The normalized spacial score (nSPS) is 15.5. The molecule has 0 atom stereocenters. The second-order valence-corrected chi connectivity index (χ2v) is 2.89. The number of allylic oxidation sites excluding steroid dienone is 2. The van der Waals surface area contributed by atoms with E-state index >= 15 is 0 Å². The van der Waals surface area contributed by atoms with E-state index in [1.165, 1.54) is 24.0 Å². The van der Waals surface area contributed by atoms with E-state index in [1.54, 1.807) is 0 Å². The molecule has 2 N–H and O–H groups in total. The van der Waals surface area contributed by atoms with Crippen molar-refractivity contribution in [3.63, 3.8) is 0 Å². The van der Waals surface area contributed by atoms with Gasteiger partial charge in [0.2, 0.25) is 0 Å². The van der Waals surface area contributed by atoms with E-state index in [9.17, 15) is 0 Å². The van der Waals surface area contributed by atoms with Gasteiger partial charge in [-0.2, -0.15) is 0 Å². The first kappa shape index (κ1) is 6.47. The van der Waals surface area contributed by atoms with Crippen LogP contribution < -0.4 is 5.73 Å². The fourth-order valence-corrected chi connectivity index (χ4v) is 1.25. The first-order valence-electron chi connectivity index (χ1n) is 3.91. The number of rotatable bonds is 1. The van der Waals surface area contributed by atoms with Crippen molar-refractivity contribution in [3.05, 3.63) is 35.9 Å². The van der Waals surface area contributed by atoms with Crippen LogP contribution in [-0.4, -0.2) is 0 Å². The van der Waals surface area contributed by atoms with Crippen molar-refractivity contribution in [2.45, 2.75) is 12.8 Å². The predicted molar refractivity (Wildman–Crippen MR) is 48.1 cm³/mol. The maximum Gasteiger partial charge on any atom is 0.0314 e. The van der Waals surface area contributed by atoms with Crippen LogP contribution >= 0.6 is 0 Å². The summed E-state index contributed by atoms with van der Waals surface area (Å²) in [7, 11) is 0. The first-order valence-corrected chi connectivity index (χ1v) is 3.91. The average Bonchev–Trinajstić information content (AvgIpc) is 1.90. The Kier molecular flexibility index (Phi) is 1.42. The van der Waals surface area contributed by atoms with Gasteiger partial charge in [0, 0.05) is 5.69 Å². The van der Waals surface area contributed by atoms with E-state index in [4.69, 9.17) is 5.73 Å². The highest BCUT2D eigenvalue weighted by Gasteiger charge is 2.06. The molecule has 1 aliphatic rings. The Morgan fingerprint density at radius 2 is 1.73 bits per heavy atom. The summed E-state index contributed by atoms with van der Waals surface area (Å²) in [5, 5.41) is 0. The van der Waals surface area contributed by atoms with E-state index in [0.29, 0.717) is 0 Å². The van der Waals surface area contributed by atoms with Gasteiger partial charge < -0.3 is 5.73 Å². The largest absolute Gasteiger partial charge is 0.399 e. The highest BCUT2D eigenvalue weighted by Crippen LogP contribution is 2.28. The lowest BCUT2D eigenvalue weighted by atomic mass is 9.92. The second kappa shape index (κ2) is 2.42. The van der Waals surface area contributed by atoms with Crippen molar-refractivity contribution >= 4 is 11.3 Å². The maximum absolute atomic E-state index is 5.57. The van der Waals surface area contributed by atoms with Crippen molar-refractivity contribution in [1.82, 2.24) is 0 Å². The van der Waals surface area contributed by atoms with Gasteiger partial charge in [-0.25, -0.2) is 0 Å². The molecule has 1 aliphatic carbocycles. The fourth-order valence-electron chi connectivity index (χ4n) is 1.25. The molecule has 2 rings (SSSR count). The Labute approximate surface area is 66.5 Å². The molecule has 0 unspecified atom stereocenters. The van der Waals surface area contributed by atoms with E-state index in [1.807, 2.05) is 12.1 Å². The van der Waals surface area contributed by atoms with Crippen LogP contribution in [0.2, 0.25) is 0 Å². The molecule has 1 aromatic rings. The molecule has 0 saturated carbocycles. The predicted octanol–water partition coefficient (Wildman–Crippen LogP) is 2.45. The van der Waals surface area contributed by atoms with Crippen molar-refractivity contribution in [1.29, 1.82) is 0 Å². The Morgan fingerprint density at radius 1 is 1.09 bits per heavy atom. The topological polar surface area (TPSA) is 26.0 Å².